The molecule has 0 spiro atoms. The Morgan fingerprint density at radius 2 is 2.00 bits per heavy atom. The number of rotatable bonds is 5. The summed E-state index contributed by atoms with van der Waals surface area (Å²) in [6, 6.07) is 6.03. The van der Waals surface area contributed by atoms with Gasteiger partial charge in [-0.25, -0.2) is 8.78 Å². The van der Waals surface area contributed by atoms with Gasteiger partial charge in [-0.3, -0.25) is 9.78 Å². The molecular weight excluding hydrogens is 366 g/mol. The molecule has 1 fully saturated rings. The molecule has 28 heavy (non-hydrogen) atoms. The molecule has 8 heteroatoms. The van der Waals surface area contributed by atoms with Crippen LogP contribution in [0.3, 0.4) is 0 Å². The molecule has 1 atom stereocenters. The minimum absolute atomic E-state index is 0.151. The Hall–Kier alpha value is -3.16. The van der Waals surface area contributed by atoms with E-state index in [0.29, 0.717) is 23.0 Å². The normalized spacial score (nSPS) is 14.7. The van der Waals surface area contributed by atoms with E-state index < -0.39 is 17.7 Å². The average Bonchev–Trinajstić information content (AvgIpc) is 3.42. The van der Waals surface area contributed by atoms with Gasteiger partial charge in [-0.2, -0.15) is 4.98 Å². The average molecular weight is 384 g/mol. The highest BCUT2D eigenvalue weighted by molar-refractivity contribution is 5.95. The third-order valence-corrected chi connectivity index (χ3v) is 4.57. The molecule has 6 nitrogen and oxygen atoms in total. The maximum atomic E-state index is 14.2. The van der Waals surface area contributed by atoms with Crippen molar-refractivity contribution in [3.8, 4) is 11.3 Å². The lowest BCUT2D eigenvalue weighted by atomic mass is 10.1. The van der Waals surface area contributed by atoms with E-state index >= 15 is 0 Å². The van der Waals surface area contributed by atoms with Gasteiger partial charge in [0, 0.05) is 28.8 Å². The largest absolute Gasteiger partial charge is 0.341 e. The fourth-order valence-electron chi connectivity index (χ4n) is 2.94. The maximum Gasteiger partial charge on any atom is 0.252 e. The third-order valence-electron chi connectivity index (χ3n) is 4.57. The molecule has 1 aromatic carbocycles. The van der Waals surface area contributed by atoms with E-state index in [2.05, 4.69) is 20.4 Å². The molecule has 144 valence electrons. The summed E-state index contributed by atoms with van der Waals surface area (Å²) in [5.41, 5.74) is 1.53. The van der Waals surface area contributed by atoms with Crippen molar-refractivity contribution in [1.82, 2.24) is 20.4 Å². The molecule has 1 amide bonds. The highest BCUT2D eigenvalue weighted by Gasteiger charge is 2.27. The Morgan fingerprint density at radius 3 is 2.64 bits per heavy atom. The van der Waals surface area contributed by atoms with Crippen LogP contribution in [0.5, 0.6) is 0 Å². The molecule has 0 aliphatic heterocycles. The number of hydrogen-bond donors (Lipinski definition) is 1. The van der Waals surface area contributed by atoms with Crippen molar-refractivity contribution >= 4 is 5.91 Å². The molecule has 1 N–H and O–H groups in total. The summed E-state index contributed by atoms with van der Waals surface area (Å²) in [7, 11) is 0. The number of amides is 1. The third kappa shape index (κ3) is 3.76. The lowest BCUT2D eigenvalue weighted by Gasteiger charge is -2.12. The first kappa shape index (κ1) is 18.2. The van der Waals surface area contributed by atoms with Crippen LogP contribution < -0.4 is 5.32 Å². The van der Waals surface area contributed by atoms with Gasteiger partial charge in [0.15, 0.2) is 5.82 Å². The predicted octanol–water partition coefficient (Wildman–Crippen LogP) is 4.09. The number of nitrogens with zero attached hydrogens (tertiary/aromatic N) is 3. The van der Waals surface area contributed by atoms with Crippen molar-refractivity contribution in [3.05, 3.63) is 64.9 Å². The van der Waals surface area contributed by atoms with E-state index in [0.717, 1.165) is 24.6 Å². The van der Waals surface area contributed by atoms with Gasteiger partial charge in [0.05, 0.1) is 5.69 Å². The molecule has 0 unspecified atom stereocenters. The first-order valence-corrected chi connectivity index (χ1v) is 8.99. The highest BCUT2D eigenvalue weighted by Crippen LogP contribution is 2.40. The van der Waals surface area contributed by atoms with Gasteiger partial charge in [0.2, 0.25) is 5.89 Å². The maximum absolute atomic E-state index is 14.2. The zero-order valence-electron chi connectivity index (χ0n) is 15.4. The fraction of sp³-hybridized carbons (Fsp3) is 0.300. The van der Waals surface area contributed by atoms with Crippen molar-refractivity contribution < 1.29 is 18.1 Å². The molecule has 3 aromatic rings. The van der Waals surface area contributed by atoms with Crippen LogP contribution in [-0.4, -0.2) is 21.0 Å². The number of aryl methyl sites for hydroxylation is 1. The van der Waals surface area contributed by atoms with E-state index in [1.807, 2.05) is 0 Å². The van der Waals surface area contributed by atoms with Gasteiger partial charge >= 0.3 is 0 Å². The molecule has 1 aliphatic rings. The van der Waals surface area contributed by atoms with E-state index in [1.165, 1.54) is 18.2 Å². The summed E-state index contributed by atoms with van der Waals surface area (Å²) >= 11 is 0. The molecular formula is C20H18F2N4O2. The van der Waals surface area contributed by atoms with Crippen molar-refractivity contribution in [2.45, 2.75) is 38.6 Å². The number of carbonyl (C=O) groups excluding carboxylic acids is 1. The summed E-state index contributed by atoms with van der Waals surface area (Å²) in [6.07, 6.45) is 1.95. The minimum atomic E-state index is -0.721. The van der Waals surface area contributed by atoms with Crippen LogP contribution in [0, 0.1) is 18.6 Å². The van der Waals surface area contributed by atoms with Crippen LogP contribution in [0.15, 0.2) is 34.9 Å². The molecule has 0 radical (unpaired) electrons. The van der Waals surface area contributed by atoms with Crippen molar-refractivity contribution in [1.29, 1.82) is 0 Å². The Bertz CT molecular complexity index is 1050. The van der Waals surface area contributed by atoms with Crippen LogP contribution in [0.4, 0.5) is 8.78 Å². The molecule has 1 saturated carbocycles. The van der Waals surface area contributed by atoms with Gasteiger partial charge in [0.1, 0.15) is 17.7 Å². The van der Waals surface area contributed by atoms with Gasteiger partial charge in [-0.1, -0.05) is 5.16 Å². The standard InChI is InChI=1S/C20H18F2N4O2/c1-10(20-24-11(2)26-28-20)23-19(27)13-7-17(12-3-4-12)25-18(8-13)15-6-5-14(21)9-16(15)22/h5-10,12H,3-4H2,1-2H3,(H,23,27)/t10-/m1/s1. The minimum Gasteiger partial charge on any atom is -0.341 e. The smallest absolute Gasteiger partial charge is 0.252 e. The second-order valence-corrected chi connectivity index (χ2v) is 6.94. The van der Waals surface area contributed by atoms with Gasteiger partial charge < -0.3 is 9.84 Å². The van der Waals surface area contributed by atoms with Crippen LogP contribution in [0.1, 0.15) is 59.5 Å². The number of benzene rings is 1. The van der Waals surface area contributed by atoms with Crippen LogP contribution in [0.2, 0.25) is 0 Å². The number of carbonyl (C=O) groups is 1. The second kappa shape index (κ2) is 7.10. The molecule has 4 rings (SSSR count). The Balaban J connectivity index is 1.66. The molecule has 2 heterocycles. The number of halogens is 2. The van der Waals surface area contributed by atoms with E-state index in [9.17, 15) is 13.6 Å². The summed E-state index contributed by atoms with van der Waals surface area (Å²) < 4.78 is 32.6. The SMILES string of the molecule is Cc1noc([C@@H](C)NC(=O)c2cc(-c3ccc(F)cc3F)nc(C3CC3)c2)n1. The van der Waals surface area contributed by atoms with Gasteiger partial charge in [0.25, 0.3) is 5.91 Å². The molecule has 2 aromatic heterocycles. The van der Waals surface area contributed by atoms with Crippen LogP contribution >= 0.6 is 0 Å². The zero-order chi connectivity index (χ0) is 19.8. The lowest BCUT2D eigenvalue weighted by molar-refractivity contribution is 0.0932. The topological polar surface area (TPSA) is 80.9 Å². The number of pyridine rings is 1. The quantitative estimate of drug-likeness (QED) is 0.717. The van der Waals surface area contributed by atoms with Crippen molar-refractivity contribution in [3.63, 3.8) is 0 Å². The molecule has 1 aliphatic carbocycles. The van der Waals surface area contributed by atoms with Crippen LogP contribution in [0.25, 0.3) is 11.3 Å². The summed E-state index contributed by atoms with van der Waals surface area (Å²) in [6.45, 7) is 3.42. The van der Waals surface area contributed by atoms with E-state index in [1.54, 1.807) is 19.9 Å². The Labute approximate surface area is 160 Å². The number of nitrogens with one attached hydrogen (secondary N) is 1. The first-order valence-electron chi connectivity index (χ1n) is 8.99. The number of hydrogen-bond acceptors (Lipinski definition) is 5. The summed E-state index contributed by atoms with van der Waals surface area (Å²) in [5.74, 6) is -0.720. The van der Waals surface area contributed by atoms with Crippen LogP contribution in [-0.2, 0) is 0 Å². The molecule has 0 bridgehead atoms. The monoisotopic (exact) mass is 384 g/mol. The first-order chi connectivity index (χ1) is 13.4. The lowest BCUT2D eigenvalue weighted by Crippen LogP contribution is -2.27. The molecule has 0 saturated heterocycles. The number of aromatic nitrogens is 3. The summed E-state index contributed by atoms with van der Waals surface area (Å²) in [5, 5.41) is 6.51. The Kier molecular flexibility index (Phi) is 4.62. The highest BCUT2D eigenvalue weighted by atomic mass is 19.1. The predicted molar refractivity (Wildman–Crippen MR) is 96.5 cm³/mol. The fourth-order valence-corrected chi connectivity index (χ4v) is 2.94. The summed E-state index contributed by atoms with van der Waals surface area (Å²) in [4.78, 5) is 21.4. The second-order valence-electron chi connectivity index (χ2n) is 6.94. The van der Waals surface area contributed by atoms with Gasteiger partial charge in [-0.05, 0) is 51.0 Å². The van der Waals surface area contributed by atoms with E-state index in [4.69, 9.17) is 4.52 Å². The van der Waals surface area contributed by atoms with E-state index in [-0.39, 0.29) is 17.4 Å². The zero-order valence-corrected chi connectivity index (χ0v) is 15.4. The van der Waals surface area contributed by atoms with Gasteiger partial charge in [-0.15, -0.1) is 0 Å². The van der Waals surface area contributed by atoms with Crippen molar-refractivity contribution in [2.24, 2.45) is 0 Å². The van der Waals surface area contributed by atoms with Crippen molar-refractivity contribution in [2.75, 3.05) is 0 Å². The Morgan fingerprint density at radius 1 is 1.21 bits per heavy atom.